The van der Waals surface area contributed by atoms with Crippen LogP contribution >= 0.6 is 7.82 Å². The molecule has 10 heteroatoms. The molecule has 0 aliphatic heterocycles. The van der Waals surface area contributed by atoms with Gasteiger partial charge >= 0.3 is 13.8 Å². The van der Waals surface area contributed by atoms with E-state index in [2.05, 4.69) is 65.4 Å². The highest BCUT2D eigenvalue weighted by atomic mass is 31.2. The lowest BCUT2D eigenvalue weighted by Crippen LogP contribution is -2.27. The van der Waals surface area contributed by atoms with Gasteiger partial charge in [-0.1, -0.05) is 62.5 Å². The van der Waals surface area contributed by atoms with Crippen molar-refractivity contribution in [1.29, 1.82) is 0 Å². The van der Waals surface area contributed by atoms with Crippen molar-refractivity contribution in [2.24, 2.45) is 0 Å². The van der Waals surface area contributed by atoms with Gasteiger partial charge < -0.3 is 20.1 Å². The number of amides is 1. The molecule has 0 aromatic heterocycles. The molecule has 0 aliphatic carbocycles. The number of allylic oxidation sites excluding steroid dienone is 8. The highest BCUT2D eigenvalue weighted by molar-refractivity contribution is 7.47. The summed E-state index contributed by atoms with van der Waals surface area (Å²) in [6, 6.07) is 0. The van der Waals surface area contributed by atoms with Crippen LogP contribution in [-0.2, 0) is 27.9 Å². The van der Waals surface area contributed by atoms with E-state index in [9.17, 15) is 24.2 Å². The number of hydrogen-bond donors (Lipinski definition) is 3. The highest BCUT2D eigenvalue weighted by Crippen LogP contribution is 2.42. The predicted molar refractivity (Wildman–Crippen MR) is 141 cm³/mol. The van der Waals surface area contributed by atoms with Gasteiger partial charge in [-0.2, -0.15) is 0 Å². The van der Waals surface area contributed by atoms with Crippen molar-refractivity contribution in [3.8, 4) is 0 Å². The predicted octanol–water partition coefficient (Wildman–Crippen LogP) is 4.92. The number of carbonyl (C=O) groups excluding carboxylic acids is 2. The number of rotatable bonds is 22. The number of unbranched alkanes of at least 4 members (excludes halogenated alkanes) is 2. The van der Waals surface area contributed by atoms with Crippen LogP contribution in [0.5, 0.6) is 0 Å². The second-order valence-corrected chi connectivity index (χ2v) is 9.34. The van der Waals surface area contributed by atoms with E-state index in [1.165, 1.54) is 0 Å². The Kier molecular flexibility index (Phi) is 22.1. The van der Waals surface area contributed by atoms with E-state index in [0.29, 0.717) is 6.42 Å². The molecule has 3 N–H and O–H groups in total. The summed E-state index contributed by atoms with van der Waals surface area (Å²) in [7, 11) is -4.38. The number of nitrogens with one attached hydrogen (secondary N) is 1. The van der Waals surface area contributed by atoms with E-state index >= 15 is 0 Å². The van der Waals surface area contributed by atoms with Crippen LogP contribution in [0.3, 0.4) is 0 Å². The lowest BCUT2D eigenvalue weighted by atomic mass is 10.1. The lowest BCUT2D eigenvalue weighted by molar-refractivity contribution is -0.146. The number of phosphoric ester groups is 1. The Labute approximate surface area is 215 Å². The molecule has 0 radical (unpaired) electrons. The average molecular weight is 530 g/mol. The maximum absolute atomic E-state index is 11.8. The number of ether oxygens (including phenoxy) is 1. The van der Waals surface area contributed by atoms with E-state index in [1.807, 2.05) is 0 Å². The molecule has 0 aliphatic rings. The maximum Gasteiger partial charge on any atom is 0.472 e. The zero-order valence-corrected chi connectivity index (χ0v) is 22.6. The first-order chi connectivity index (χ1) is 17.3. The molecule has 0 fully saturated rings. The van der Waals surface area contributed by atoms with Crippen molar-refractivity contribution in [2.75, 3.05) is 26.4 Å². The smallest absolute Gasteiger partial charge is 0.463 e. The van der Waals surface area contributed by atoms with Crippen LogP contribution in [-0.4, -0.2) is 54.3 Å². The third-order valence-corrected chi connectivity index (χ3v) is 5.56. The first-order valence-corrected chi connectivity index (χ1v) is 14.1. The third-order valence-electron chi connectivity index (χ3n) is 4.58. The summed E-state index contributed by atoms with van der Waals surface area (Å²) in [5.74, 6) is -0.659. The number of phosphoric acid groups is 1. The topological polar surface area (TPSA) is 131 Å². The number of aliphatic hydroxyl groups is 1. The van der Waals surface area contributed by atoms with Gasteiger partial charge in [-0.3, -0.25) is 18.6 Å². The molecule has 0 spiro atoms. The Bertz CT molecular complexity index is 748. The zero-order valence-electron chi connectivity index (χ0n) is 21.7. The minimum absolute atomic E-state index is 0.0558. The van der Waals surface area contributed by atoms with Gasteiger partial charge in [0.15, 0.2) is 0 Å². The zero-order chi connectivity index (χ0) is 26.9. The first-order valence-electron chi connectivity index (χ1n) is 12.6. The van der Waals surface area contributed by atoms with Crippen LogP contribution in [0.4, 0.5) is 0 Å². The van der Waals surface area contributed by atoms with Crippen molar-refractivity contribution < 1.29 is 37.9 Å². The molecule has 2 unspecified atom stereocenters. The Morgan fingerprint density at radius 3 is 2.11 bits per heavy atom. The molecule has 9 nitrogen and oxygen atoms in total. The summed E-state index contributed by atoms with van der Waals surface area (Å²) in [6.07, 6.45) is 22.9. The average Bonchev–Trinajstić information content (AvgIpc) is 2.86. The maximum atomic E-state index is 11.8. The molecule has 2 atom stereocenters. The SMILES string of the molecule is CC/C=C\C/C=C\C/C=C\C/C=C\CCCCC(=O)NCCOP(=O)(O)OCC(O)COC(=O)CC. The van der Waals surface area contributed by atoms with Crippen LogP contribution < -0.4 is 5.32 Å². The Morgan fingerprint density at radius 2 is 1.50 bits per heavy atom. The third kappa shape index (κ3) is 23.7. The van der Waals surface area contributed by atoms with Crippen molar-refractivity contribution in [2.45, 2.75) is 77.7 Å². The quantitative estimate of drug-likeness (QED) is 0.0780. The summed E-state index contributed by atoms with van der Waals surface area (Å²) in [6.45, 7) is 2.69. The summed E-state index contributed by atoms with van der Waals surface area (Å²) in [4.78, 5) is 32.4. The van der Waals surface area contributed by atoms with Crippen LogP contribution in [0.1, 0.15) is 71.6 Å². The minimum atomic E-state index is -4.38. The second kappa shape index (κ2) is 23.4. The van der Waals surface area contributed by atoms with Crippen LogP contribution in [0.2, 0.25) is 0 Å². The van der Waals surface area contributed by atoms with Crippen LogP contribution in [0, 0.1) is 0 Å². The Balaban J connectivity index is 3.71. The number of carbonyl (C=O) groups is 2. The summed E-state index contributed by atoms with van der Waals surface area (Å²) >= 11 is 0. The summed E-state index contributed by atoms with van der Waals surface area (Å²) in [5, 5.41) is 12.2. The fourth-order valence-corrected chi connectivity index (χ4v) is 3.40. The number of aliphatic hydroxyl groups excluding tert-OH is 1. The Morgan fingerprint density at radius 1 is 0.889 bits per heavy atom. The molecule has 36 heavy (non-hydrogen) atoms. The van der Waals surface area contributed by atoms with Gasteiger partial charge in [-0.15, -0.1) is 0 Å². The number of esters is 1. The highest BCUT2D eigenvalue weighted by Gasteiger charge is 2.23. The monoisotopic (exact) mass is 529 g/mol. The molecule has 0 rings (SSSR count). The molecule has 0 saturated heterocycles. The van der Waals surface area contributed by atoms with Crippen molar-refractivity contribution in [3.05, 3.63) is 48.6 Å². The van der Waals surface area contributed by atoms with E-state index in [0.717, 1.165) is 44.9 Å². The van der Waals surface area contributed by atoms with Crippen molar-refractivity contribution in [1.82, 2.24) is 5.32 Å². The van der Waals surface area contributed by atoms with Gasteiger partial charge in [0.25, 0.3) is 0 Å². The standard InChI is InChI=1S/C26H44NO8P/c1-3-5-6-7-8-9-10-11-12-13-14-15-16-17-18-19-25(29)27-20-21-34-36(31,32)35-23-24(28)22-33-26(30)4-2/h5-6,8-9,11-12,14-15,24,28H,3-4,7,10,13,16-23H2,1-2H3,(H,27,29)(H,31,32)/b6-5-,9-8-,12-11-,15-14-. The van der Waals surface area contributed by atoms with Crippen molar-refractivity contribution in [3.63, 3.8) is 0 Å². The van der Waals surface area contributed by atoms with Crippen molar-refractivity contribution >= 4 is 19.7 Å². The molecule has 0 saturated carbocycles. The van der Waals surface area contributed by atoms with Gasteiger partial charge in [-0.05, 0) is 44.9 Å². The van der Waals surface area contributed by atoms with Gasteiger partial charge in [0.2, 0.25) is 5.91 Å². The molecule has 0 heterocycles. The molecule has 0 aromatic rings. The first kappa shape index (κ1) is 34.0. The molecular formula is C26H44NO8P. The fraction of sp³-hybridized carbons (Fsp3) is 0.615. The minimum Gasteiger partial charge on any atom is -0.463 e. The van der Waals surface area contributed by atoms with Gasteiger partial charge in [-0.25, -0.2) is 4.57 Å². The van der Waals surface area contributed by atoms with Gasteiger partial charge in [0.1, 0.15) is 12.7 Å². The Hall–Kier alpha value is -2.03. The molecule has 206 valence electrons. The van der Waals surface area contributed by atoms with Crippen LogP contribution in [0.25, 0.3) is 0 Å². The normalized spacial score (nSPS) is 14.7. The largest absolute Gasteiger partial charge is 0.472 e. The second-order valence-electron chi connectivity index (χ2n) is 7.88. The van der Waals surface area contributed by atoms with Gasteiger partial charge in [0.05, 0.1) is 13.2 Å². The van der Waals surface area contributed by atoms with Gasteiger partial charge in [0, 0.05) is 19.4 Å². The molecule has 0 aromatic carbocycles. The summed E-state index contributed by atoms with van der Waals surface area (Å²) < 4.78 is 25.8. The fourth-order valence-electron chi connectivity index (χ4n) is 2.64. The molecule has 1 amide bonds. The van der Waals surface area contributed by atoms with E-state index in [-0.39, 0.29) is 32.1 Å². The molecular weight excluding hydrogens is 485 g/mol. The molecule has 0 bridgehead atoms. The van der Waals surface area contributed by atoms with E-state index in [4.69, 9.17) is 9.26 Å². The van der Waals surface area contributed by atoms with E-state index in [1.54, 1.807) is 6.92 Å². The lowest BCUT2D eigenvalue weighted by Gasteiger charge is -2.15. The van der Waals surface area contributed by atoms with E-state index < -0.39 is 26.5 Å². The number of hydrogen-bond acceptors (Lipinski definition) is 7. The van der Waals surface area contributed by atoms with Crippen LogP contribution in [0.15, 0.2) is 48.6 Å². The summed E-state index contributed by atoms with van der Waals surface area (Å²) in [5.41, 5.74) is 0.